The quantitative estimate of drug-likeness (QED) is 0.338. The molecule has 35 heavy (non-hydrogen) atoms. The Hall–Kier alpha value is -3.88. The number of hydrogen-bond donors (Lipinski definition) is 1. The van der Waals surface area contributed by atoms with Crippen molar-refractivity contribution in [1.82, 2.24) is 9.78 Å². The number of nitriles is 1. The maximum Gasteiger partial charge on any atom is 0.315 e. The highest BCUT2D eigenvalue weighted by Crippen LogP contribution is 2.46. The van der Waals surface area contributed by atoms with Crippen LogP contribution in [0.3, 0.4) is 0 Å². The van der Waals surface area contributed by atoms with Crippen molar-refractivity contribution >= 4 is 27.2 Å². The topological polar surface area (TPSA) is 138 Å². The Morgan fingerprint density at radius 3 is 2.66 bits per heavy atom. The van der Waals surface area contributed by atoms with Gasteiger partial charge in [0.2, 0.25) is 11.6 Å². The van der Waals surface area contributed by atoms with E-state index < -0.39 is 11.2 Å². The second-order valence-corrected chi connectivity index (χ2v) is 8.64. The number of nitrogens with two attached hydrogens (primary N) is 1. The summed E-state index contributed by atoms with van der Waals surface area (Å²) >= 11 is 3.42. The molecule has 11 heteroatoms. The monoisotopic (exact) mass is 539 g/mol. The Kier molecular flexibility index (Phi) is 6.77. The van der Waals surface area contributed by atoms with Gasteiger partial charge in [0.25, 0.3) is 0 Å². The molecule has 180 valence electrons. The molecular weight excluding hydrogens is 518 g/mol. The molecule has 0 amide bonds. The first kappa shape index (κ1) is 24.3. The Morgan fingerprint density at radius 2 is 2.06 bits per heavy atom. The minimum atomic E-state index is -1.10. The van der Waals surface area contributed by atoms with Gasteiger partial charge in [-0.2, -0.15) is 10.4 Å². The smallest absolute Gasteiger partial charge is 0.315 e. The molecule has 1 aromatic heterocycles. The van der Waals surface area contributed by atoms with Crippen molar-refractivity contribution in [2.75, 3.05) is 13.7 Å². The predicted octanol–water partition coefficient (Wildman–Crippen LogP) is 4.65. The molecule has 1 aliphatic heterocycles. The number of nitro benzene ring substituents is 1. The molecule has 0 radical (unpaired) electrons. The van der Waals surface area contributed by atoms with E-state index in [9.17, 15) is 15.4 Å². The summed E-state index contributed by atoms with van der Waals surface area (Å²) in [6.07, 6.45) is -0.440. The van der Waals surface area contributed by atoms with Crippen LogP contribution in [0, 0.1) is 28.4 Å². The van der Waals surface area contributed by atoms with Gasteiger partial charge in [0.1, 0.15) is 6.07 Å². The van der Waals surface area contributed by atoms with E-state index in [0.29, 0.717) is 34.7 Å². The lowest BCUT2D eigenvalue weighted by atomic mass is 9.90. The first-order valence-electron chi connectivity index (χ1n) is 10.7. The zero-order valence-electron chi connectivity index (χ0n) is 19.2. The number of aromatic nitrogens is 2. The van der Waals surface area contributed by atoms with Crippen molar-refractivity contribution in [3.63, 3.8) is 0 Å². The van der Waals surface area contributed by atoms with E-state index in [2.05, 4.69) is 27.1 Å². The Balaban J connectivity index is 1.98. The number of rotatable bonds is 7. The van der Waals surface area contributed by atoms with E-state index in [0.717, 1.165) is 10.2 Å². The molecule has 10 nitrogen and oxygen atoms in total. The first-order valence-corrected chi connectivity index (χ1v) is 11.5. The molecule has 0 bridgehead atoms. The van der Waals surface area contributed by atoms with Gasteiger partial charge in [0, 0.05) is 16.1 Å². The number of halogens is 1. The van der Waals surface area contributed by atoms with E-state index in [-0.39, 0.29) is 29.4 Å². The second kappa shape index (κ2) is 9.77. The molecule has 0 spiro atoms. The Bertz CT molecular complexity index is 1370. The van der Waals surface area contributed by atoms with Crippen LogP contribution in [0.4, 0.5) is 5.69 Å². The molecule has 0 fully saturated rings. The van der Waals surface area contributed by atoms with Crippen LogP contribution in [-0.2, 0) is 0 Å². The summed E-state index contributed by atoms with van der Waals surface area (Å²) in [5, 5.41) is 26.5. The number of hydrogen-bond acceptors (Lipinski definition) is 8. The normalized spacial score (nSPS) is 14.7. The van der Waals surface area contributed by atoms with Gasteiger partial charge >= 0.3 is 5.69 Å². The van der Waals surface area contributed by atoms with Crippen LogP contribution in [0.2, 0.25) is 0 Å². The molecule has 1 unspecified atom stereocenters. The van der Waals surface area contributed by atoms with E-state index in [1.807, 2.05) is 31.2 Å². The highest BCUT2D eigenvalue weighted by molar-refractivity contribution is 9.10. The lowest BCUT2D eigenvalue weighted by molar-refractivity contribution is -0.386. The van der Waals surface area contributed by atoms with Gasteiger partial charge in [-0.25, -0.2) is 4.68 Å². The second-order valence-electron chi connectivity index (χ2n) is 7.73. The third kappa shape index (κ3) is 4.34. The molecule has 4 rings (SSSR count). The van der Waals surface area contributed by atoms with Crippen molar-refractivity contribution in [2.45, 2.75) is 26.5 Å². The summed E-state index contributed by atoms with van der Waals surface area (Å²) in [4.78, 5) is 11.4. The molecule has 0 saturated carbocycles. The number of benzene rings is 2. The first-order chi connectivity index (χ1) is 16.8. The van der Waals surface area contributed by atoms with Gasteiger partial charge in [0.15, 0.2) is 12.0 Å². The molecule has 2 heterocycles. The van der Waals surface area contributed by atoms with Crippen LogP contribution in [-0.4, -0.2) is 34.6 Å². The third-order valence-corrected chi connectivity index (χ3v) is 5.97. The molecule has 0 saturated heterocycles. The molecule has 2 aromatic carbocycles. The zero-order valence-corrected chi connectivity index (χ0v) is 20.8. The van der Waals surface area contributed by atoms with Crippen LogP contribution >= 0.6 is 15.9 Å². The van der Waals surface area contributed by atoms with Crippen molar-refractivity contribution < 1.29 is 19.1 Å². The molecule has 1 aliphatic rings. The number of aryl methyl sites for hydroxylation is 1. The summed E-state index contributed by atoms with van der Waals surface area (Å²) in [7, 11) is 1.40. The third-order valence-electron chi connectivity index (χ3n) is 5.44. The molecular formula is C24H22BrN5O5. The SMILES string of the molecule is CCCOc1c(OC)cc(C2=C(C#N)C(N)Oc3c2c(C)nn3-c2ccc(Br)cc2)cc1[N+](=O)[O-]. The molecule has 1 atom stereocenters. The average Bonchev–Trinajstić information content (AvgIpc) is 3.17. The van der Waals surface area contributed by atoms with E-state index in [1.54, 1.807) is 17.7 Å². The van der Waals surface area contributed by atoms with Gasteiger partial charge in [-0.05, 0) is 49.2 Å². The Morgan fingerprint density at radius 1 is 1.34 bits per heavy atom. The minimum absolute atomic E-state index is 0.0288. The largest absolute Gasteiger partial charge is 0.493 e. The van der Waals surface area contributed by atoms with Crippen molar-refractivity contribution in [3.8, 4) is 29.1 Å². The minimum Gasteiger partial charge on any atom is -0.493 e. The summed E-state index contributed by atoms with van der Waals surface area (Å²) in [6.45, 7) is 3.95. The van der Waals surface area contributed by atoms with Gasteiger partial charge in [-0.15, -0.1) is 0 Å². The predicted molar refractivity (Wildman–Crippen MR) is 132 cm³/mol. The summed E-state index contributed by atoms with van der Waals surface area (Å²) < 4.78 is 19.5. The van der Waals surface area contributed by atoms with Gasteiger partial charge < -0.3 is 14.2 Å². The van der Waals surface area contributed by atoms with E-state index in [1.165, 1.54) is 13.2 Å². The van der Waals surface area contributed by atoms with Crippen LogP contribution in [0.15, 0.2) is 46.4 Å². The highest BCUT2D eigenvalue weighted by atomic mass is 79.9. The fraction of sp³-hybridized carbons (Fsp3) is 0.250. The maximum atomic E-state index is 12.0. The standard InChI is InChI=1S/C24H22BrN5O5/c1-4-9-34-22-18(30(31)32)10-14(11-19(22)33-3)21-17(12-26)23(27)35-24-20(21)13(2)28-29(24)16-7-5-15(25)6-8-16/h5-8,10-11,23H,4,9,27H2,1-3H3. The van der Waals surface area contributed by atoms with Gasteiger partial charge in [-0.1, -0.05) is 22.9 Å². The number of methoxy groups -OCH3 is 1. The number of ether oxygens (including phenoxy) is 3. The Labute approximate surface area is 209 Å². The number of nitrogens with zero attached hydrogens (tertiary/aromatic N) is 4. The fourth-order valence-electron chi connectivity index (χ4n) is 3.90. The zero-order chi connectivity index (χ0) is 25.3. The summed E-state index contributed by atoms with van der Waals surface area (Å²) in [5.41, 5.74) is 8.63. The fourth-order valence-corrected chi connectivity index (χ4v) is 4.17. The summed E-state index contributed by atoms with van der Waals surface area (Å²) in [6, 6.07) is 12.5. The molecule has 3 aromatic rings. The lowest BCUT2D eigenvalue weighted by Crippen LogP contribution is -2.33. The highest BCUT2D eigenvalue weighted by Gasteiger charge is 2.35. The van der Waals surface area contributed by atoms with Crippen molar-refractivity contribution in [3.05, 3.63) is 73.4 Å². The van der Waals surface area contributed by atoms with E-state index in [4.69, 9.17) is 19.9 Å². The summed E-state index contributed by atoms with van der Waals surface area (Å²) in [5.74, 6) is 0.535. The van der Waals surface area contributed by atoms with E-state index >= 15 is 0 Å². The molecule has 2 N–H and O–H groups in total. The maximum absolute atomic E-state index is 12.0. The van der Waals surface area contributed by atoms with Crippen LogP contribution < -0.4 is 19.9 Å². The van der Waals surface area contributed by atoms with Gasteiger partial charge in [-0.3, -0.25) is 15.8 Å². The average molecular weight is 540 g/mol. The number of nitro groups is 1. The molecule has 0 aliphatic carbocycles. The lowest BCUT2D eigenvalue weighted by Gasteiger charge is -2.25. The van der Waals surface area contributed by atoms with Gasteiger partial charge in [0.05, 0.1) is 41.2 Å². The van der Waals surface area contributed by atoms with Crippen LogP contribution in [0.1, 0.15) is 30.2 Å². The number of fused-ring (bicyclic) bond motifs is 1. The van der Waals surface area contributed by atoms with Crippen LogP contribution in [0.25, 0.3) is 11.3 Å². The van der Waals surface area contributed by atoms with Crippen LogP contribution in [0.5, 0.6) is 17.4 Å². The van der Waals surface area contributed by atoms with Crippen molar-refractivity contribution in [2.24, 2.45) is 5.73 Å². The van der Waals surface area contributed by atoms with Crippen molar-refractivity contribution in [1.29, 1.82) is 5.26 Å².